The Morgan fingerprint density at radius 2 is 1.65 bits per heavy atom. The molecule has 0 amide bonds. The fraction of sp³-hybridized carbons (Fsp3) is 0.0323. The van der Waals surface area contributed by atoms with Crippen LogP contribution in [0, 0.1) is 5.82 Å². The number of hydrogen-bond donors (Lipinski definition) is 0. The van der Waals surface area contributed by atoms with E-state index in [9.17, 15) is 9.18 Å². The maximum Gasteiger partial charge on any atom is 0.168 e. The molecule has 0 spiro atoms. The number of carbonyl (C=O) groups is 1. The first-order valence-electron chi connectivity index (χ1n) is 12.6. The molecule has 0 saturated heterocycles. The predicted molar refractivity (Wildman–Crippen MR) is 148 cm³/mol. The summed E-state index contributed by atoms with van der Waals surface area (Å²) in [5.41, 5.74) is 7.20. The number of aromatic nitrogens is 7. The van der Waals surface area contributed by atoms with Crippen molar-refractivity contribution in [1.82, 2.24) is 34.0 Å². The molecule has 0 radical (unpaired) electrons. The summed E-state index contributed by atoms with van der Waals surface area (Å²) in [6, 6.07) is 23.2. The smallest absolute Gasteiger partial charge is 0.168 e. The van der Waals surface area contributed by atoms with Gasteiger partial charge in [-0.15, -0.1) is 0 Å². The highest BCUT2D eigenvalue weighted by atomic mass is 19.1. The third-order valence-corrected chi connectivity index (χ3v) is 6.68. The molecule has 7 rings (SSSR count). The molecule has 0 unspecified atom stereocenters. The number of fused-ring (bicyclic) bond motifs is 2. The minimum absolute atomic E-state index is 0.0530. The van der Waals surface area contributed by atoms with Gasteiger partial charge in [0, 0.05) is 35.3 Å². The Labute approximate surface area is 227 Å². The second kappa shape index (κ2) is 9.63. The minimum Gasteiger partial charge on any atom is -0.298 e. The van der Waals surface area contributed by atoms with Crippen molar-refractivity contribution in [2.45, 2.75) is 6.42 Å². The second-order valence-electron chi connectivity index (χ2n) is 9.31. The molecule has 192 valence electrons. The molecule has 5 aromatic heterocycles. The lowest BCUT2D eigenvalue weighted by Gasteiger charge is -2.05. The van der Waals surface area contributed by atoms with E-state index in [4.69, 9.17) is 10.1 Å². The van der Waals surface area contributed by atoms with Crippen LogP contribution < -0.4 is 0 Å². The number of imidazole rings is 2. The molecule has 0 bridgehead atoms. The normalized spacial score (nSPS) is 11.3. The van der Waals surface area contributed by atoms with Crippen LogP contribution in [0.4, 0.5) is 4.39 Å². The number of carbonyl (C=O) groups excluding carboxylic acids is 1. The predicted octanol–water partition coefficient (Wildman–Crippen LogP) is 5.73. The van der Waals surface area contributed by atoms with Gasteiger partial charge in [0.25, 0.3) is 0 Å². The molecule has 2 aromatic carbocycles. The Kier molecular flexibility index (Phi) is 5.67. The Bertz CT molecular complexity index is 2010. The van der Waals surface area contributed by atoms with Crippen LogP contribution in [0.2, 0.25) is 0 Å². The van der Waals surface area contributed by atoms with Crippen molar-refractivity contribution in [3.63, 3.8) is 0 Å². The van der Waals surface area contributed by atoms with Gasteiger partial charge >= 0.3 is 0 Å². The van der Waals surface area contributed by atoms with Crippen LogP contribution in [0.15, 0.2) is 110 Å². The monoisotopic (exact) mass is 525 g/mol. The summed E-state index contributed by atoms with van der Waals surface area (Å²) in [5.74, 6) is -0.363. The largest absolute Gasteiger partial charge is 0.298 e. The van der Waals surface area contributed by atoms with E-state index in [1.165, 1.54) is 18.5 Å². The second-order valence-corrected chi connectivity index (χ2v) is 9.31. The van der Waals surface area contributed by atoms with Gasteiger partial charge in [-0.05, 0) is 60.2 Å². The van der Waals surface area contributed by atoms with Gasteiger partial charge in [0.15, 0.2) is 11.4 Å². The van der Waals surface area contributed by atoms with E-state index in [-0.39, 0.29) is 18.0 Å². The summed E-state index contributed by atoms with van der Waals surface area (Å²) < 4.78 is 17.3. The molecule has 0 aliphatic carbocycles. The molecular formula is C31H20FN7O. The summed E-state index contributed by atoms with van der Waals surface area (Å²) in [7, 11) is 0. The lowest BCUT2D eigenvalue weighted by atomic mass is 10.0. The molecule has 7 aromatic rings. The van der Waals surface area contributed by atoms with E-state index in [1.54, 1.807) is 41.3 Å². The van der Waals surface area contributed by atoms with Crippen LogP contribution in [-0.2, 0) is 6.42 Å². The quantitative estimate of drug-likeness (QED) is 0.258. The Hall–Kier alpha value is -5.57. The highest BCUT2D eigenvalue weighted by Crippen LogP contribution is 2.32. The molecule has 0 fully saturated rings. The summed E-state index contributed by atoms with van der Waals surface area (Å²) in [4.78, 5) is 30.7. The molecule has 0 aliphatic heterocycles. The maximum absolute atomic E-state index is 13.6. The Morgan fingerprint density at radius 3 is 2.50 bits per heavy atom. The SMILES string of the molecule is O=C(Cc1cn2nc(-c3c(-c4ccc(F)cc4)nc4ccccn34)ccc2n1)c1cccc(-c2cncnc2)c1. The number of Topliss-reactive ketones (excluding diaryl/α,β-unsaturated/α-hetero) is 1. The summed E-state index contributed by atoms with van der Waals surface area (Å²) in [6.45, 7) is 0. The molecule has 0 aliphatic rings. The van der Waals surface area contributed by atoms with E-state index in [1.807, 2.05) is 59.1 Å². The van der Waals surface area contributed by atoms with Gasteiger partial charge in [-0.1, -0.05) is 24.3 Å². The topological polar surface area (TPSA) is 90.3 Å². The molecular weight excluding hydrogens is 505 g/mol. The zero-order chi connectivity index (χ0) is 27.1. The van der Waals surface area contributed by atoms with Crippen molar-refractivity contribution in [3.8, 4) is 33.8 Å². The number of nitrogens with zero attached hydrogens (tertiary/aromatic N) is 7. The number of rotatable bonds is 6. The Morgan fingerprint density at radius 1 is 0.800 bits per heavy atom. The highest BCUT2D eigenvalue weighted by Gasteiger charge is 2.18. The van der Waals surface area contributed by atoms with Crippen molar-refractivity contribution < 1.29 is 9.18 Å². The van der Waals surface area contributed by atoms with E-state index in [0.717, 1.165) is 28.0 Å². The van der Waals surface area contributed by atoms with Gasteiger partial charge in [0.2, 0.25) is 0 Å². The van der Waals surface area contributed by atoms with E-state index in [0.29, 0.717) is 28.3 Å². The summed E-state index contributed by atoms with van der Waals surface area (Å²) >= 11 is 0. The van der Waals surface area contributed by atoms with Crippen molar-refractivity contribution >= 4 is 17.1 Å². The summed E-state index contributed by atoms with van der Waals surface area (Å²) in [5, 5.41) is 4.82. The van der Waals surface area contributed by atoms with Gasteiger partial charge < -0.3 is 0 Å². The zero-order valence-corrected chi connectivity index (χ0v) is 21.0. The number of hydrogen-bond acceptors (Lipinski definition) is 6. The molecule has 0 N–H and O–H groups in total. The summed E-state index contributed by atoms with van der Waals surface area (Å²) in [6.07, 6.45) is 8.72. The zero-order valence-electron chi connectivity index (χ0n) is 21.0. The van der Waals surface area contributed by atoms with Crippen LogP contribution in [0.25, 0.3) is 45.1 Å². The fourth-order valence-corrected chi connectivity index (χ4v) is 4.78. The first-order chi connectivity index (χ1) is 19.6. The van der Waals surface area contributed by atoms with Crippen LogP contribution in [0.3, 0.4) is 0 Å². The van der Waals surface area contributed by atoms with Crippen LogP contribution >= 0.6 is 0 Å². The third kappa shape index (κ3) is 4.29. The molecule has 40 heavy (non-hydrogen) atoms. The maximum atomic E-state index is 13.6. The molecule has 8 nitrogen and oxygen atoms in total. The van der Waals surface area contributed by atoms with Crippen molar-refractivity contribution in [2.24, 2.45) is 0 Å². The lowest BCUT2D eigenvalue weighted by Crippen LogP contribution is -2.04. The minimum atomic E-state index is -0.310. The molecule has 0 atom stereocenters. The number of benzene rings is 2. The van der Waals surface area contributed by atoms with Gasteiger partial charge in [-0.25, -0.2) is 28.8 Å². The standard InChI is InChI=1S/C31H20FN7O/c32-24-9-7-20(8-10-24)30-31(38-13-2-1-6-28(38)36-30)26-11-12-29-35-25(18-39(29)37-26)15-27(40)22-5-3-4-21(14-22)23-16-33-19-34-17-23/h1-14,16-19H,15H2. The molecule has 0 saturated carbocycles. The number of halogens is 1. The van der Waals surface area contributed by atoms with Crippen LogP contribution in [-0.4, -0.2) is 39.7 Å². The molecule has 5 heterocycles. The first kappa shape index (κ1) is 23.5. The van der Waals surface area contributed by atoms with Crippen molar-refractivity contribution in [1.29, 1.82) is 0 Å². The van der Waals surface area contributed by atoms with Crippen LogP contribution in [0.1, 0.15) is 16.1 Å². The Balaban J connectivity index is 1.23. The van der Waals surface area contributed by atoms with Gasteiger partial charge in [0.1, 0.15) is 29.2 Å². The van der Waals surface area contributed by atoms with Crippen molar-refractivity contribution in [2.75, 3.05) is 0 Å². The first-order valence-corrected chi connectivity index (χ1v) is 12.6. The average molecular weight is 526 g/mol. The van der Waals surface area contributed by atoms with E-state index < -0.39 is 0 Å². The fourth-order valence-electron chi connectivity index (χ4n) is 4.78. The average Bonchev–Trinajstić information content (AvgIpc) is 3.58. The van der Waals surface area contributed by atoms with Gasteiger partial charge in [-0.3, -0.25) is 9.20 Å². The number of pyridine rings is 1. The molecule has 9 heteroatoms. The lowest BCUT2D eigenvalue weighted by molar-refractivity contribution is 0.0992. The van der Waals surface area contributed by atoms with Crippen molar-refractivity contribution in [3.05, 3.63) is 127 Å². The van der Waals surface area contributed by atoms with E-state index >= 15 is 0 Å². The van der Waals surface area contributed by atoms with Gasteiger partial charge in [-0.2, -0.15) is 5.10 Å². The highest BCUT2D eigenvalue weighted by molar-refractivity contribution is 5.98. The third-order valence-electron chi connectivity index (χ3n) is 6.68. The number of ketones is 1. The van der Waals surface area contributed by atoms with E-state index in [2.05, 4.69) is 15.0 Å². The van der Waals surface area contributed by atoms with Gasteiger partial charge in [0.05, 0.1) is 24.0 Å². The van der Waals surface area contributed by atoms with Crippen LogP contribution in [0.5, 0.6) is 0 Å².